The van der Waals surface area contributed by atoms with Gasteiger partial charge < -0.3 is 15.1 Å². The average Bonchev–Trinajstić information content (AvgIpc) is 2.56. The van der Waals surface area contributed by atoms with E-state index in [1.165, 1.54) is 18.2 Å². The van der Waals surface area contributed by atoms with Gasteiger partial charge in [-0.1, -0.05) is 6.07 Å². The number of nitrogens with zero attached hydrogens (tertiary/aromatic N) is 3. The lowest BCUT2D eigenvalue weighted by molar-refractivity contribution is 0.102. The molecule has 1 aromatic heterocycles. The number of anilines is 2. The van der Waals surface area contributed by atoms with Crippen molar-refractivity contribution >= 4 is 17.4 Å². The maximum Gasteiger partial charge on any atom is 0.256 e. The molecular weight excluding hydrogens is 295 g/mol. The summed E-state index contributed by atoms with van der Waals surface area (Å²) >= 11 is 0. The maximum absolute atomic E-state index is 13.1. The Kier molecular flexibility index (Phi) is 4.52. The van der Waals surface area contributed by atoms with E-state index < -0.39 is 5.82 Å². The van der Waals surface area contributed by atoms with Crippen molar-refractivity contribution in [1.82, 2.24) is 9.88 Å². The van der Waals surface area contributed by atoms with Gasteiger partial charge in [0, 0.05) is 31.7 Å². The Morgan fingerprint density at radius 2 is 1.96 bits per heavy atom. The smallest absolute Gasteiger partial charge is 0.256 e. The van der Waals surface area contributed by atoms with E-state index in [0.717, 1.165) is 31.9 Å². The van der Waals surface area contributed by atoms with Gasteiger partial charge >= 0.3 is 0 Å². The number of nitrogens with one attached hydrogen (secondary N) is 1. The van der Waals surface area contributed by atoms with Gasteiger partial charge in [0.15, 0.2) is 0 Å². The van der Waals surface area contributed by atoms with E-state index in [-0.39, 0.29) is 11.5 Å². The molecular formula is C17H19FN4O. The van der Waals surface area contributed by atoms with E-state index >= 15 is 0 Å². The first-order valence-electron chi connectivity index (χ1n) is 7.58. The van der Waals surface area contributed by atoms with E-state index in [2.05, 4.69) is 27.1 Å². The highest BCUT2D eigenvalue weighted by atomic mass is 19.1. The van der Waals surface area contributed by atoms with E-state index in [1.807, 2.05) is 6.07 Å². The molecule has 1 amide bonds. The zero-order valence-corrected chi connectivity index (χ0v) is 13.0. The number of hydrogen-bond acceptors (Lipinski definition) is 4. The lowest BCUT2D eigenvalue weighted by Crippen LogP contribution is -2.44. The highest BCUT2D eigenvalue weighted by molar-refractivity contribution is 6.03. The second-order valence-corrected chi connectivity index (χ2v) is 5.66. The van der Waals surface area contributed by atoms with Gasteiger partial charge in [-0.2, -0.15) is 0 Å². The Morgan fingerprint density at radius 3 is 2.61 bits per heavy atom. The third-order valence-electron chi connectivity index (χ3n) is 3.94. The molecule has 0 unspecified atom stereocenters. The van der Waals surface area contributed by atoms with Gasteiger partial charge in [-0.15, -0.1) is 0 Å². The van der Waals surface area contributed by atoms with Crippen LogP contribution in [0.4, 0.5) is 15.9 Å². The van der Waals surface area contributed by atoms with Crippen LogP contribution in [0.3, 0.4) is 0 Å². The molecule has 2 heterocycles. The zero-order chi connectivity index (χ0) is 16.2. The molecule has 0 radical (unpaired) electrons. The molecule has 1 N–H and O–H groups in total. The molecule has 0 aliphatic carbocycles. The van der Waals surface area contributed by atoms with Crippen LogP contribution >= 0.6 is 0 Å². The molecule has 1 aromatic carbocycles. The van der Waals surface area contributed by atoms with Crippen LogP contribution in [-0.2, 0) is 0 Å². The molecule has 3 rings (SSSR count). The molecule has 1 saturated heterocycles. The quantitative estimate of drug-likeness (QED) is 0.944. The van der Waals surface area contributed by atoms with Crippen molar-refractivity contribution in [2.75, 3.05) is 43.4 Å². The van der Waals surface area contributed by atoms with Crippen molar-refractivity contribution in [3.63, 3.8) is 0 Å². The normalized spacial score (nSPS) is 15.5. The molecule has 120 valence electrons. The minimum atomic E-state index is -0.434. The lowest BCUT2D eigenvalue weighted by Gasteiger charge is -2.33. The highest BCUT2D eigenvalue weighted by Gasteiger charge is 2.14. The van der Waals surface area contributed by atoms with Gasteiger partial charge in [-0.05, 0) is 37.4 Å². The van der Waals surface area contributed by atoms with E-state index in [1.54, 1.807) is 18.3 Å². The van der Waals surface area contributed by atoms with Crippen LogP contribution in [0.15, 0.2) is 42.6 Å². The fraction of sp³-hybridized carbons (Fsp3) is 0.294. The molecule has 0 atom stereocenters. The number of piperazine rings is 1. The molecule has 0 saturated carbocycles. The number of aromatic nitrogens is 1. The van der Waals surface area contributed by atoms with Crippen LogP contribution in [0.2, 0.25) is 0 Å². The zero-order valence-electron chi connectivity index (χ0n) is 13.0. The molecule has 23 heavy (non-hydrogen) atoms. The van der Waals surface area contributed by atoms with Crippen molar-refractivity contribution in [3.05, 3.63) is 54.0 Å². The summed E-state index contributed by atoms with van der Waals surface area (Å²) in [6.07, 6.45) is 1.76. The summed E-state index contributed by atoms with van der Waals surface area (Å²) in [6.45, 7) is 3.98. The first-order valence-corrected chi connectivity index (χ1v) is 7.58. The number of amides is 1. The predicted octanol–water partition coefficient (Wildman–Crippen LogP) is 2.22. The van der Waals surface area contributed by atoms with E-state index in [0.29, 0.717) is 5.82 Å². The monoisotopic (exact) mass is 314 g/mol. The summed E-state index contributed by atoms with van der Waals surface area (Å²) < 4.78 is 13.1. The number of pyridine rings is 1. The van der Waals surface area contributed by atoms with E-state index in [9.17, 15) is 9.18 Å². The van der Waals surface area contributed by atoms with Gasteiger partial charge in [-0.25, -0.2) is 9.37 Å². The standard InChI is InChI=1S/C17H19FN4O/c1-21-7-9-22(10-8-21)15-5-6-16(19-12-15)20-17(23)13-3-2-4-14(18)11-13/h2-6,11-12H,7-10H2,1H3,(H,19,20,23). The summed E-state index contributed by atoms with van der Waals surface area (Å²) in [5, 5.41) is 2.68. The molecule has 1 fully saturated rings. The Hall–Kier alpha value is -2.47. The van der Waals surface area contributed by atoms with Gasteiger partial charge in [0.05, 0.1) is 11.9 Å². The fourth-order valence-corrected chi connectivity index (χ4v) is 2.53. The third-order valence-corrected chi connectivity index (χ3v) is 3.94. The maximum atomic E-state index is 13.1. The Bertz CT molecular complexity index is 681. The molecule has 6 heteroatoms. The first kappa shape index (κ1) is 15.4. The van der Waals surface area contributed by atoms with Gasteiger partial charge in [0.2, 0.25) is 0 Å². The van der Waals surface area contributed by atoms with Crippen LogP contribution in [0.1, 0.15) is 10.4 Å². The Labute approximate surface area is 134 Å². The molecule has 2 aromatic rings. The van der Waals surface area contributed by atoms with Gasteiger partial charge in [0.25, 0.3) is 5.91 Å². The predicted molar refractivity (Wildman–Crippen MR) is 88.3 cm³/mol. The van der Waals surface area contributed by atoms with Crippen molar-refractivity contribution in [1.29, 1.82) is 0 Å². The summed E-state index contributed by atoms with van der Waals surface area (Å²) in [5.41, 5.74) is 1.32. The average molecular weight is 314 g/mol. The largest absolute Gasteiger partial charge is 0.368 e. The van der Waals surface area contributed by atoms with Crippen LogP contribution in [-0.4, -0.2) is 49.0 Å². The van der Waals surface area contributed by atoms with Gasteiger partial charge in [0.1, 0.15) is 11.6 Å². The van der Waals surface area contributed by atoms with Crippen LogP contribution in [0, 0.1) is 5.82 Å². The SMILES string of the molecule is CN1CCN(c2ccc(NC(=O)c3cccc(F)c3)nc2)CC1. The number of carbonyl (C=O) groups excluding carboxylic acids is 1. The minimum Gasteiger partial charge on any atom is -0.368 e. The summed E-state index contributed by atoms with van der Waals surface area (Å²) in [5.74, 6) is -0.350. The Balaban J connectivity index is 1.64. The second kappa shape index (κ2) is 6.75. The third kappa shape index (κ3) is 3.84. The molecule has 5 nitrogen and oxygen atoms in total. The number of hydrogen-bond donors (Lipinski definition) is 1. The fourth-order valence-electron chi connectivity index (χ4n) is 2.53. The Morgan fingerprint density at radius 1 is 1.17 bits per heavy atom. The van der Waals surface area contributed by atoms with Crippen molar-refractivity contribution in [2.45, 2.75) is 0 Å². The highest BCUT2D eigenvalue weighted by Crippen LogP contribution is 2.17. The number of likely N-dealkylation sites (N-methyl/N-ethyl adjacent to an activating group) is 1. The van der Waals surface area contributed by atoms with Crippen LogP contribution in [0.5, 0.6) is 0 Å². The molecule has 0 bridgehead atoms. The van der Waals surface area contributed by atoms with Crippen LogP contribution < -0.4 is 10.2 Å². The first-order chi connectivity index (χ1) is 11.1. The van der Waals surface area contributed by atoms with Crippen molar-refractivity contribution in [3.8, 4) is 0 Å². The summed E-state index contributed by atoms with van der Waals surface area (Å²) in [4.78, 5) is 20.9. The van der Waals surface area contributed by atoms with Gasteiger partial charge in [-0.3, -0.25) is 4.79 Å². The number of benzene rings is 1. The van der Waals surface area contributed by atoms with E-state index in [4.69, 9.17) is 0 Å². The summed E-state index contributed by atoms with van der Waals surface area (Å²) in [6, 6.07) is 9.29. The molecule has 0 spiro atoms. The number of halogens is 1. The van der Waals surface area contributed by atoms with Crippen LogP contribution in [0.25, 0.3) is 0 Å². The van der Waals surface area contributed by atoms with Crippen molar-refractivity contribution in [2.24, 2.45) is 0 Å². The molecule has 1 aliphatic heterocycles. The minimum absolute atomic E-state index is 0.273. The van der Waals surface area contributed by atoms with Crippen molar-refractivity contribution < 1.29 is 9.18 Å². The second-order valence-electron chi connectivity index (χ2n) is 5.66. The number of carbonyl (C=O) groups is 1. The molecule has 1 aliphatic rings. The topological polar surface area (TPSA) is 48.5 Å². The summed E-state index contributed by atoms with van der Waals surface area (Å²) in [7, 11) is 2.11. The lowest BCUT2D eigenvalue weighted by atomic mass is 10.2. The number of rotatable bonds is 3.